The molecule has 0 unspecified atom stereocenters. The second-order valence-corrected chi connectivity index (χ2v) is 7.92. The summed E-state index contributed by atoms with van der Waals surface area (Å²) in [6.45, 7) is -1.72. The Morgan fingerprint density at radius 1 is 0.963 bits per heavy atom. The Bertz CT molecular complexity index is 570. The molecular weight excluding hydrogens is 402 g/mol. The van der Waals surface area contributed by atoms with Crippen molar-refractivity contribution in [2.45, 2.75) is 22.8 Å². The van der Waals surface area contributed by atoms with E-state index in [9.17, 15) is 26.3 Å². The first kappa shape index (κ1) is 22.1. The number of ether oxygens (including phenoxy) is 4. The molecule has 1 aliphatic heterocycles. The van der Waals surface area contributed by atoms with Crippen LogP contribution in [-0.4, -0.2) is 63.2 Å². The zero-order chi connectivity index (χ0) is 20.1. The number of methoxy groups -OCH3 is 1. The van der Waals surface area contributed by atoms with E-state index in [1.807, 2.05) is 0 Å². The van der Waals surface area contributed by atoms with Crippen molar-refractivity contribution in [2.24, 2.45) is 0 Å². The highest BCUT2D eigenvalue weighted by Crippen LogP contribution is 2.46. The second-order valence-electron chi connectivity index (χ2n) is 5.65. The Balaban J connectivity index is 2.13. The highest BCUT2D eigenvalue weighted by molar-refractivity contribution is 7.97. The fourth-order valence-corrected chi connectivity index (χ4v) is 4.20. The van der Waals surface area contributed by atoms with Gasteiger partial charge in [0.05, 0.1) is 13.2 Å². The Morgan fingerprint density at radius 3 is 2.00 bits per heavy atom. The van der Waals surface area contributed by atoms with Gasteiger partial charge in [0.2, 0.25) is 0 Å². The molecule has 1 aliphatic rings. The van der Waals surface area contributed by atoms with E-state index in [0.717, 1.165) is 23.5 Å². The van der Waals surface area contributed by atoms with Crippen molar-refractivity contribution in [1.29, 1.82) is 0 Å². The maximum absolute atomic E-state index is 13.2. The Hall–Kier alpha value is -1.17. The summed E-state index contributed by atoms with van der Waals surface area (Å²) in [5, 5.41) is 0. The lowest BCUT2D eigenvalue weighted by atomic mass is 10.0. The van der Waals surface area contributed by atoms with Crippen LogP contribution in [0.5, 0.6) is 5.75 Å². The average molecular weight is 421 g/mol. The molecule has 27 heavy (non-hydrogen) atoms. The van der Waals surface area contributed by atoms with Crippen LogP contribution in [0.1, 0.15) is 0 Å². The molecule has 1 aromatic rings. The van der Waals surface area contributed by atoms with Crippen LogP contribution in [-0.2, 0) is 25.1 Å². The molecule has 1 heterocycles. The molecule has 154 valence electrons. The molecule has 0 aliphatic carbocycles. The molecule has 0 N–H and O–H groups in total. The van der Waals surface area contributed by atoms with Gasteiger partial charge in [-0.25, -0.2) is 0 Å². The Kier molecular flexibility index (Phi) is 7.28. The highest BCUT2D eigenvalue weighted by Gasteiger charge is 2.73. The van der Waals surface area contributed by atoms with Crippen LogP contribution in [0.2, 0.25) is 0 Å². The Labute approximate surface area is 155 Å². The van der Waals surface area contributed by atoms with Gasteiger partial charge in [-0.3, -0.25) is 0 Å². The van der Waals surface area contributed by atoms with Crippen molar-refractivity contribution in [1.82, 2.24) is 0 Å². The predicted octanol–water partition coefficient (Wildman–Crippen LogP) is 3.56. The van der Waals surface area contributed by atoms with Crippen LogP contribution in [0.4, 0.5) is 26.3 Å². The number of halogens is 6. The van der Waals surface area contributed by atoms with Crippen LogP contribution in [0, 0.1) is 0 Å². The Morgan fingerprint density at radius 2 is 1.52 bits per heavy atom. The number of benzene rings is 1. The summed E-state index contributed by atoms with van der Waals surface area (Å²) < 4.78 is 97.6. The minimum atomic E-state index is -5.74. The zero-order valence-corrected chi connectivity index (χ0v) is 15.2. The van der Waals surface area contributed by atoms with Gasteiger partial charge >= 0.3 is 12.4 Å². The van der Waals surface area contributed by atoms with Crippen molar-refractivity contribution < 1.29 is 45.3 Å². The number of hydrogen-bond acceptors (Lipinski definition) is 4. The van der Waals surface area contributed by atoms with Crippen molar-refractivity contribution in [3.05, 3.63) is 24.3 Å². The summed E-state index contributed by atoms with van der Waals surface area (Å²) in [6, 6.07) is 5.99. The largest absolute Gasteiger partial charge is 0.490 e. The number of hydrogen-bond donors (Lipinski definition) is 0. The smallest absolute Gasteiger partial charge is 0.430 e. The van der Waals surface area contributed by atoms with E-state index in [1.54, 1.807) is 12.1 Å². The van der Waals surface area contributed by atoms with E-state index in [-0.39, 0.29) is 16.6 Å². The monoisotopic (exact) mass is 421 g/mol. The van der Waals surface area contributed by atoms with Crippen molar-refractivity contribution >= 4 is 10.9 Å². The highest BCUT2D eigenvalue weighted by atomic mass is 32.2. The molecule has 0 aromatic heterocycles. The number of alkyl halides is 6. The molecule has 0 radical (unpaired) electrons. The van der Waals surface area contributed by atoms with Crippen molar-refractivity contribution in [3.63, 3.8) is 0 Å². The molecule has 4 nitrogen and oxygen atoms in total. The normalized spacial score (nSPS) is 17.1. The van der Waals surface area contributed by atoms with Gasteiger partial charge in [-0.05, 0) is 24.3 Å². The first-order valence-corrected chi connectivity index (χ1v) is 9.41. The summed E-state index contributed by atoms with van der Waals surface area (Å²) in [4.78, 5) is 0.958. The standard InChI is InChI=1S/C16H19F6O4S/c1-23-11-26-14(15(17,18)19,16(20,21)22)10-25-12-2-4-13(5-3-12)27-8-6-24-7-9-27/h2-5H,6-11H2,1H3/q+1. The summed E-state index contributed by atoms with van der Waals surface area (Å²) in [6.07, 6.45) is -11.5. The molecule has 0 bridgehead atoms. The minimum Gasteiger partial charge on any atom is -0.490 e. The topological polar surface area (TPSA) is 36.9 Å². The fraction of sp³-hybridized carbons (Fsp3) is 0.625. The molecule has 0 amide bonds. The van der Waals surface area contributed by atoms with Crippen LogP contribution >= 0.6 is 0 Å². The van der Waals surface area contributed by atoms with E-state index >= 15 is 0 Å². The lowest BCUT2D eigenvalue weighted by Gasteiger charge is -2.36. The van der Waals surface area contributed by atoms with Gasteiger partial charge in [0.25, 0.3) is 5.60 Å². The van der Waals surface area contributed by atoms with Gasteiger partial charge in [0.1, 0.15) is 30.7 Å². The zero-order valence-electron chi connectivity index (χ0n) is 14.4. The van der Waals surface area contributed by atoms with E-state index in [1.165, 1.54) is 12.1 Å². The second kappa shape index (κ2) is 8.89. The van der Waals surface area contributed by atoms with E-state index in [0.29, 0.717) is 13.2 Å². The van der Waals surface area contributed by atoms with Crippen molar-refractivity contribution in [3.8, 4) is 5.75 Å². The average Bonchev–Trinajstić information content (AvgIpc) is 2.61. The van der Waals surface area contributed by atoms with Crippen LogP contribution in [0.15, 0.2) is 29.2 Å². The molecule has 1 aromatic carbocycles. The first-order valence-electron chi connectivity index (χ1n) is 7.85. The summed E-state index contributed by atoms with van der Waals surface area (Å²) in [7, 11) is 0.873. The van der Waals surface area contributed by atoms with Gasteiger partial charge in [0, 0.05) is 18.0 Å². The van der Waals surface area contributed by atoms with E-state index < -0.39 is 31.4 Å². The SMILES string of the molecule is COCOC(COc1ccc([S+]2CCOCC2)cc1)(C(F)(F)F)C(F)(F)F. The summed E-state index contributed by atoms with van der Waals surface area (Å²) >= 11 is 0. The summed E-state index contributed by atoms with van der Waals surface area (Å²) in [5.74, 6) is 1.54. The quantitative estimate of drug-likeness (QED) is 0.383. The molecule has 0 spiro atoms. The maximum atomic E-state index is 13.2. The first-order chi connectivity index (χ1) is 12.6. The predicted molar refractivity (Wildman–Crippen MR) is 85.9 cm³/mol. The maximum Gasteiger partial charge on any atom is 0.430 e. The number of rotatable bonds is 7. The van der Waals surface area contributed by atoms with Gasteiger partial charge in [-0.2, -0.15) is 26.3 Å². The third kappa shape index (κ3) is 5.21. The summed E-state index contributed by atoms with van der Waals surface area (Å²) in [5.41, 5.74) is -4.49. The third-order valence-electron chi connectivity index (χ3n) is 3.89. The minimum absolute atomic E-state index is 0.0516. The fourth-order valence-electron chi connectivity index (χ4n) is 2.36. The van der Waals surface area contributed by atoms with Gasteiger partial charge in [-0.15, -0.1) is 0 Å². The molecular formula is C16H19F6O4S+. The molecule has 0 atom stereocenters. The van der Waals surface area contributed by atoms with E-state index in [4.69, 9.17) is 9.47 Å². The molecule has 1 fully saturated rings. The van der Waals surface area contributed by atoms with E-state index in [2.05, 4.69) is 9.47 Å². The van der Waals surface area contributed by atoms with Gasteiger partial charge in [0.15, 0.2) is 4.90 Å². The molecule has 11 heteroatoms. The molecule has 1 saturated heterocycles. The van der Waals surface area contributed by atoms with Gasteiger partial charge in [-0.1, -0.05) is 0 Å². The third-order valence-corrected chi connectivity index (χ3v) is 6.14. The molecule has 0 saturated carbocycles. The lowest BCUT2D eigenvalue weighted by molar-refractivity contribution is -0.397. The molecule has 2 rings (SSSR count). The van der Waals surface area contributed by atoms with Crippen LogP contribution in [0.3, 0.4) is 0 Å². The van der Waals surface area contributed by atoms with Crippen LogP contribution in [0.25, 0.3) is 0 Å². The van der Waals surface area contributed by atoms with Gasteiger partial charge < -0.3 is 18.9 Å². The van der Waals surface area contributed by atoms with Crippen LogP contribution < -0.4 is 4.74 Å². The van der Waals surface area contributed by atoms with Crippen molar-refractivity contribution in [2.75, 3.05) is 45.2 Å². The lowest BCUT2D eigenvalue weighted by Crippen LogP contribution is -2.62.